The lowest BCUT2D eigenvalue weighted by molar-refractivity contribution is -0.133. The van der Waals surface area contributed by atoms with Crippen molar-refractivity contribution in [3.8, 4) is 17.6 Å². The molecule has 5 nitrogen and oxygen atoms in total. The van der Waals surface area contributed by atoms with Crippen molar-refractivity contribution in [2.75, 3.05) is 6.61 Å². The Morgan fingerprint density at radius 3 is 2.67 bits per heavy atom. The summed E-state index contributed by atoms with van der Waals surface area (Å²) in [7, 11) is 0. The molecular formula is C21H18BrNO4. The third kappa shape index (κ3) is 3.99. The molecule has 0 radical (unpaired) electrons. The van der Waals surface area contributed by atoms with E-state index in [-0.39, 0.29) is 12.2 Å². The first kappa shape index (κ1) is 19.0. The van der Waals surface area contributed by atoms with E-state index in [9.17, 15) is 4.79 Å². The van der Waals surface area contributed by atoms with E-state index in [0.717, 1.165) is 27.7 Å². The van der Waals surface area contributed by atoms with Crippen LogP contribution in [0.15, 0.2) is 39.4 Å². The van der Waals surface area contributed by atoms with E-state index < -0.39 is 5.97 Å². The van der Waals surface area contributed by atoms with Crippen LogP contribution in [0.3, 0.4) is 0 Å². The van der Waals surface area contributed by atoms with E-state index in [1.807, 2.05) is 32.9 Å². The van der Waals surface area contributed by atoms with Gasteiger partial charge in [0.15, 0.2) is 11.5 Å². The average molecular weight is 428 g/mol. The zero-order valence-electron chi connectivity index (χ0n) is 15.3. The molecule has 0 fully saturated rings. The van der Waals surface area contributed by atoms with Crippen LogP contribution in [0, 0.1) is 25.2 Å². The second-order valence-electron chi connectivity index (χ2n) is 6.17. The fourth-order valence-corrected chi connectivity index (χ4v) is 3.30. The number of ether oxygens (including phenoxy) is 2. The van der Waals surface area contributed by atoms with Gasteiger partial charge in [-0.05, 0) is 66.0 Å². The van der Waals surface area contributed by atoms with Crippen LogP contribution >= 0.6 is 15.9 Å². The lowest BCUT2D eigenvalue weighted by atomic mass is 10.0. The highest BCUT2D eigenvalue weighted by Gasteiger charge is 2.18. The van der Waals surface area contributed by atoms with Gasteiger partial charge in [0.1, 0.15) is 5.58 Å². The number of esters is 1. The van der Waals surface area contributed by atoms with Gasteiger partial charge < -0.3 is 13.9 Å². The minimum atomic E-state index is -0.442. The van der Waals surface area contributed by atoms with E-state index in [0.29, 0.717) is 22.4 Å². The lowest BCUT2D eigenvalue weighted by Gasteiger charge is -2.12. The molecule has 0 aliphatic heterocycles. The number of aryl methyl sites for hydroxylation is 2. The van der Waals surface area contributed by atoms with Crippen molar-refractivity contribution in [2.24, 2.45) is 0 Å². The molecule has 0 saturated heterocycles. The van der Waals surface area contributed by atoms with E-state index >= 15 is 0 Å². The van der Waals surface area contributed by atoms with E-state index in [1.165, 1.54) is 0 Å². The zero-order valence-corrected chi connectivity index (χ0v) is 16.8. The molecule has 0 N–H and O–H groups in total. The third-order valence-electron chi connectivity index (χ3n) is 4.26. The van der Waals surface area contributed by atoms with Gasteiger partial charge >= 0.3 is 5.97 Å². The molecular weight excluding hydrogens is 410 g/mol. The SMILES string of the molecule is CCOc1cc(C#N)cc(Br)c1OC(=O)Cc1coc2cc(C)c(C)cc12. The molecule has 6 heteroatoms. The Kier molecular flexibility index (Phi) is 5.52. The molecule has 3 aromatic rings. The van der Waals surface area contributed by atoms with E-state index in [1.54, 1.807) is 18.4 Å². The smallest absolute Gasteiger partial charge is 0.315 e. The molecule has 138 valence electrons. The number of furan rings is 1. The van der Waals surface area contributed by atoms with Gasteiger partial charge in [0, 0.05) is 17.0 Å². The molecule has 1 heterocycles. The second-order valence-corrected chi connectivity index (χ2v) is 7.03. The van der Waals surface area contributed by atoms with Gasteiger partial charge in [0.05, 0.1) is 35.4 Å². The van der Waals surface area contributed by atoms with Gasteiger partial charge in [-0.2, -0.15) is 5.26 Å². The first-order chi connectivity index (χ1) is 12.9. The lowest BCUT2D eigenvalue weighted by Crippen LogP contribution is -2.12. The van der Waals surface area contributed by atoms with Crippen LogP contribution in [0.5, 0.6) is 11.5 Å². The summed E-state index contributed by atoms with van der Waals surface area (Å²) in [5.74, 6) is 0.170. The number of hydrogen-bond acceptors (Lipinski definition) is 5. The van der Waals surface area contributed by atoms with Gasteiger partial charge in [-0.25, -0.2) is 0 Å². The predicted molar refractivity (Wildman–Crippen MR) is 105 cm³/mol. The fourth-order valence-electron chi connectivity index (χ4n) is 2.77. The van der Waals surface area contributed by atoms with Crippen molar-refractivity contribution in [1.82, 2.24) is 0 Å². The summed E-state index contributed by atoms with van der Waals surface area (Å²) in [6, 6.07) is 9.17. The fraction of sp³-hybridized carbons (Fsp3) is 0.238. The molecule has 2 aromatic carbocycles. The van der Waals surface area contributed by atoms with Gasteiger partial charge in [0.2, 0.25) is 0 Å². The average Bonchev–Trinajstić information content (AvgIpc) is 3.00. The molecule has 0 bridgehead atoms. The van der Waals surface area contributed by atoms with Gasteiger partial charge in [-0.15, -0.1) is 0 Å². The van der Waals surface area contributed by atoms with Crippen LogP contribution in [0.25, 0.3) is 11.0 Å². The Morgan fingerprint density at radius 1 is 1.22 bits per heavy atom. The summed E-state index contributed by atoms with van der Waals surface area (Å²) in [5, 5.41) is 10.00. The summed E-state index contributed by atoms with van der Waals surface area (Å²) >= 11 is 3.35. The maximum absolute atomic E-state index is 12.5. The Hall–Kier alpha value is -2.78. The molecule has 27 heavy (non-hydrogen) atoms. The van der Waals surface area contributed by atoms with Crippen molar-refractivity contribution in [3.05, 3.63) is 57.3 Å². The zero-order chi connectivity index (χ0) is 19.6. The van der Waals surface area contributed by atoms with Crippen LogP contribution < -0.4 is 9.47 Å². The molecule has 1 aromatic heterocycles. The summed E-state index contributed by atoms with van der Waals surface area (Å²) in [6.07, 6.45) is 1.65. The summed E-state index contributed by atoms with van der Waals surface area (Å²) in [5.41, 5.74) is 4.19. The van der Waals surface area contributed by atoms with Crippen LogP contribution in [0.4, 0.5) is 0 Å². The number of hydrogen-bond donors (Lipinski definition) is 0. The first-order valence-electron chi connectivity index (χ1n) is 8.47. The van der Waals surface area contributed by atoms with Crippen LogP contribution in [-0.2, 0) is 11.2 Å². The summed E-state index contributed by atoms with van der Waals surface area (Å²) < 4.78 is 17.1. The van der Waals surface area contributed by atoms with Crippen LogP contribution in [0.1, 0.15) is 29.2 Å². The van der Waals surface area contributed by atoms with E-state index in [2.05, 4.69) is 22.0 Å². The topological polar surface area (TPSA) is 72.5 Å². The molecule has 0 saturated carbocycles. The minimum absolute atomic E-state index is 0.0630. The van der Waals surface area contributed by atoms with Crippen molar-refractivity contribution < 1.29 is 18.7 Å². The monoisotopic (exact) mass is 427 g/mol. The quantitative estimate of drug-likeness (QED) is 0.411. The Balaban J connectivity index is 1.87. The highest BCUT2D eigenvalue weighted by atomic mass is 79.9. The predicted octanol–water partition coefficient (Wildman–Crippen LogP) is 5.23. The largest absolute Gasteiger partial charge is 0.490 e. The first-order valence-corrected chi connectivity index (χ1v) is 9.26. The maximum Gasteiger partial charge on any atom is 0.315 e. The highest BCUT2D eigenvalue weighted by molar-refractivity contribution is 9.10. The molecule has 0 amide bonds. The molecule has 3 rings (SSSR count). The molecule has 0 aliphatic carbocycles. The van der Waals surface area contributed by atoms with Gasteiger partial charge in [0.25, 0.3) is 0 Å². The number of carbonyl (C=O) groups excluding carboxylic acids is 1. The Labute approximate surface area is 165 Å². The van der Waals surface area contributed by atoms with Crippen molar-refractivity contribution >= 4 is 32.9 Å². The maximum atomic E-state index is 12.5. The Bertz CT molecular complexity index is 1060. The van der Waals surface area contributed by atoms with Crippen molar-refractivity contribution in [2.45, 2.75) is 27.2 Å². The number of nitrogens with zero attached hydrogens (tertiary/aromatic N) is 1. The molecule has 0 unspecified atom stereocenters. The standard InChI is InChI=1S/C21H18BrNO4/c1-4-25-19-8-14(10-23)7-17(22)21(19)27-20(24)9-15-11-26-18-6-13(3)12(2)5-16(15)18/h5-8,11H,4,9H2,1-3H3. The number of benzene rings is 2. The second kappa shape index (κ2) is 7.85. The van der Waals surface area contributed by atoms with Crippen LogP contribution in [-0.4, -0.2) is 12.6 Å². The normalized spacial score (nSPS) is 10.6. The summed E-state index contributed by atoms with van der Waals surface area (Å²) in [4.78, 5) is 12.5. The summed E-state index contributed by atoms with van der Waals surface area (Å²) in [6.45, 7) is 6.24. The number of halogens is 1. The molecule has 0 aliphatic rings. The number of nitriles is 1. The minimum Gasteiger partial charge on any atom is -0.490 e. The number of carbonyl (C=O) groups is 1. The number of rotatable bonds is 5. The van der Waals surface area contributed by atoms with Gasteiger partial charge in [-0.3, -0.25) is 4.79 Å². The molecule has 0 spiro atoms. The van der Waals surface area contributed by atoms with Crippen molar-refractivity contribution in [1.29, 1.82) is 5.26 Å². The van der Waals surface area contributed by atoms with E-state index in [4.69, 9.17) is 19.2 Å². The number of fused-ring (bicyclic) bond motifs is 1. The molecule has 0 atom stereocenters. The Morgan fingerprint density at radius 2 is 1.96 bits per heavy atom. The van der Waals surface area contributed by atoms with Crippen molar-refractivity contribution in [3.63, 3.8) is 0 Å². The third-order valence-corrected chi connectivity index (χ3v) is 4.85. The highest BCUT2D eigenvalue weighted by Crippen LogP contribution is 2.37. The van der Waals surface area contributed by atoms with Gasteiger partial charge in [-0.1, -0.05) is 0 Å². The van der Waals surface area contributed by atoms with Crippen LogP contribution in [0.2, 0.25) is 0 Å².